The van der Waals surface area contributed by atoms with E-state index in [2.05, 4.69) is 42.5 Å². The molecule has 1 aromatic heterocycles. The van der Waals surface area contributed by atoms with Gasteiger partial charge in [-0.05, 0) is 25.5 Å². The first-order valence-corrected chi connectivity index (χ1v) is 5.19. The van der Waals surface area contributed by atoms with Gasteiger partial charge in [0.05, 0.1) is 0 Å². The number of hydrogen-bond acceptors (Lipinski definition) is 0. The van der Waals surface area contributed by atoms with Crippen LogP contribution in [-0.2, 0) is 0 Å². The fourth-order valence-corrected chi connectivity index (χ4v) is 1.22. The minimum absolute atomic E-state index is 1.22. The van der Waals surface area contributed by atoms with Crippen molar-refractivity contribution >= 4 is 10.9 Å². The smallest absolute Gasteiger partial charge is 0.0456 e. The molecule has 2 rings (SSSR count). The maximum absolute atomic E-state index is 4.60. The lowest BCUT2D eigenvalue weighted by atomic mass is 10.2. The molecule has 1 heterocycles. The Hall–Kier alpha value is -1.68. The Kier molecular flexibility index (Phi) is 6.84. The fraction of sp³-hybridized carbons (Fsp3) is 0.286. The highest BCUT2D eigenvalue weighted by Gasteiger charge is 1.94. The number of para-hydroxylation sites is 1. The number of nitrogens with one attached hydrogen (secondary N) is 1. The minimum atomic E-state index is 1.22. The van der Waals surface area contributed by atoms with Crippen LogP contribution in [0.2, 0.25) is 0 Å². The van der Waals surface area contributed by atoms with E-state index >= 15 is 0 Å². The van der Waals surface area contributed by atoms with Gasteiger partial charge in [-0.3, -0.25) is 0 Å². The van der Waals surface area contributed by atoms with Crippen LogP contribution in [0.1, 0.15) is 26.3 Å². The molecule has 0 unspecified atom stereocenters. The Morgan fingerprint density at radius 3 is 2.27 bits per heavy atom. The molecule has 0 radical (unpaired) electrons. The topological polar surface area (TPSA) is 15.8 Å². The summed E-state index contributed by atoms with van der Waals surface area (Å²) in [6.45, 7) is 7.76. The van der Waals surface area contributed by atoms with Crippen molar-refractivity contribution < 1.29 is 0 Å². The molecule has 80 valence electrons. The van der Waals surface area contributed by atoms with E-state index in [1.807, 2.05) is 26.1 Å². The van der Waals surface area contributed by atoms with Crippen LogP contribution in [0.3, 0.4) is 0 Å². The first-order chi connectivity index (χ1) is 7.29. The van der Waals surface area contributed by atoms with Gasteiger partial charge in [-0.1, -0.05) is 32.0 Å². The van der Waals surface area contributed by atoms with Crippen LogP contribution >= 0.6 is 0 Å². The van der Waals surface area contributed by atoms with E-state index in [-0.39, 0.29) is 0 Å². The van der Waals surface area contributed by atoms with Crippen molar-refractivity contribution in [2.24, 2.45) is 0 Å². The second-order valence-corrected chi connectivity index (χ2v) is 2.81. The van der Waals surface area contributed by atoms with Crippen LogP contribution in [0, 0.1) is 19.3 Å². The molecule has 0 aliphatic rings. The van der Waals surface area contributed by atoms with Gasteiger partial charge in [-0.2, -0.15) is 0 Å². The van der Waals surface area contributed by atoms with E-state index in [1.165, 1.54) is 16.5 Å². The summed E-state index contributed by atoms with van der Waals surface area (Å²) in [5, 5.41) is 1.32. The van der Waals surface area contributed by atoms with Crippen LogP contribution < -0.4 is 0 Å². The number of H-pyrrole nitrogens is 1. The van der Waals surface area contributed by atoms with Crippen LogP contribution in [-0.4, -0.2) is 4.98 Å². The molecule has 0 atom stereocenters. The average molecular weight is 201 g/mol. The number of fused-ring (bicyclic) bond motifs is 1. The molecule has 1 N–H and O–H groups in total. The molecule has 0 amide bonds. The molecule has 1 nitrogen and oxygen atoms in total. The molecule has 0 aliphatic carbocycles. The molecule has 0 aliphatic heterocycles. The van der Waals surface area contributed by atoms with Crippen molar-refractivity contribution in [2.75, 3.05) is 0 Å². The molecule has 2 aromatic rings. The molecule has 0 saturated carbocycles. The largest absolute Gasteiger partial charge is 0.361 e. The van der Waals surface area contributed by atoms with Gasteiger partial charge in [-0.15, -0.1) is 12.3 Å². The third kappa shape index (κ3) is 3.91. The number of aromatic amines is 1. The van der Waals surface area contributed by atoms with E-state index in [1.54, 1.807) is 6.92 Å². The Balaban J connectivity index is 0.000000342. The highest BCUT2D eigenvalue weighted by molar-refractivity contribution is 5.82. The molecule has 1 heteroatoms. The second-order valence-electron chi connectivity index (χ2n) is 2.81. The van der Waals surface area contributed by atoms with Crippen LogP contribution in [0.15, 0.2) is 30.5 Å². The SMILES string of the molecule is C#CC.CC.Cc1c[nH]c2ccccc12. The predicted molar refractivity (Wildman–Crippen MR) is 68.9 cm³/mol. The second kappa shape index (κ2) is 7.70. The van der Waals surface area contributed by atoms with Gasteiger partial charge >= 0.3 is 0 Å². The molecule has 0 fully saturated rings. The number of aryl methyl sites for hydroxylation is 1. The van der Waals surface area contributed by atoms with Gasteiger partial charge < -0.3 is 4.98 Å². The summed E-state index contributed by atoms with van der Waals surface area (Å²) in [7, 11) is 0. The third-order valence-electron chi connectivity index (χ3n) is 1.80. The Morgan fingerprint density at radius 2 is 1.73 bits per heavy atom. The summed E-state index contributed by atoms with van der Waals surface area (Å²) in [4.78, 5) is 3.19. The summed E-state index contributed by atoms with van der Waals surface area (Å²) in [5.41, 5.74) is 2.54. The maximum atomic E-state index is 4.60. The number of rotatable bonds is 0. The van der Waals surface area contributed by atoms with Crippen molar-refractivity contribution in [1.29, 1.82) is 0 Å². The van der Waals surface area contributed by atoms with Gasteiger partial charge in [0, 0.05) is 17.1 Å². The third-order valence-corrected chi connectivity index (χ3v) is 1.80. The van der Waals surface area contributed by atoms with Crippen molar-refractivity contribution in [2.45, 2.75) is 27.7 Å². The predicted octanol–water partition coefficient (Wildman–Crippen LogP) is 4.14. The monoisotopic (exact) mass is 201 g/mol. The van der Waals surface area contributed by atoms with Crippen LogP contribution in [0.4, 0.5) is 0 Å². The molecule has 15 heavy (non-hydrogen) atoms. The minimum Gasteiger partial charge on any atom is -0.361 e. The number of benzene rings is 1. The Morgan fingerprint density at radius 1 is 1.20 bits per heavy atom. The van der Waals surface area contributed by atoms with Gasteiger partial charge in [0.25, 0.3) is 0 Å². The van der Waals surface area contributed by atoms with E-state index in [0.29, 0.717) is 0 Å². The average Bonchev–Trinajstić information content (AvgIpc) is 2.65. The van der Waals surface area contributed by atoms with Crippen molar-refractivity contribution in [1.82, 2.24) is 4.98 Å². The van der Waals surface area contributed by atoms with E-state index in [4.69, 9.17) is 0 Å². The first-order valence-electron chi connectivity index (χ1n) is 5.19. The normalized spacial score (nSPS) is 7.93. The molecule has 0 saturated heterocycles. The Bertz CT molecular complexity index is 418. The van der Waals surface area contributed by atoms with Crippen molar-refractivity contribution in [3.05, 3.63) is 36.0 Å². The Labute approximate surface area is 92.5 Å². The van der Waals surface area contributed by atoms with Crippen LogP contribution in [0.25, 0.3) is 10.9 Å². The van der Waals surface area contributed by atoms with E-state index in [0.717, 1.165) is 0 Å². The highest BCUT2D eigenvalue weighted by atomic mass is 14.7. The van der Waals surface area contributed by atoms with Gasteiger partial charge in [0.2, 0.25) is 0 Å². The lowest BCUT2D eigenvalue weighted by Crippen LogP contribution is -1.64. The fourth-order valence-electron chi connectivity index (χ4n) is 1.22. The van der Waals surface area contributed by atoms with Gasteiger partial charge in [0.1, 0.15) is 0 Å². The summed E-state index contributed by atoms with van der Waals surface area (Å²) in [6.07, 6.45) is 6.63. The number of aromatic nitrogens is 1. The summed E-state index contributed by atoms with van der Waals surface area (Å²) in [5.74, 6) is 2.25. The lowest BCUT2D eigenvalue weighted by Gasteiger charge is -1.86. The standard InChI is InChI=1S/C9H9N.C3H4.C2H6/c1-7-6-10-9-5-3-2-4-8(7)9;1-3-2;1-2/h2-6,10H,1H3;1H,2H3;1-2H3. The number of hydrogen-bond donors (Lipinski definition) is 1. The molecule has 0 spiro atoms. The summed E-state index contributed by atoms with van der Waals surface area (Å²) < 4.78 is 0. The van der Waals surface area contributed by atoms with E-state index in [9.17, 15) is 0 Å². The maximum Gasteiger partial charge on any atom is 0.0456 e. The molecule has 0 bridgehead atoms. The summed E-state index contributed by atoms with van der Waals surface area (Å²) in [6, 6.07) is 8.31. The first kappa shape index (κ1) is 13.3. The zero-order valence-corrected chi connectivity index (χ0v) is 9.96. The van der Waals surface area contributed by atoms with E-state index < -0.39 is 0 Å². The number of terminal acetylenes is 1. The van der Waals surface area contributed by atoms with Crippen LogP contribution in [0.5, 0.6) is 0 Å². The highest BCUT2D eigenvalue weighted by Crippen LogP contribution is 2.15. The van der Waals surface area contributed by atoms with Gasteiger partial charge in [-0.25, -0.2) is 0 Å². The lowest BCUT2D eigenvalue weighted by molar-refractivity contribution is 1.43. The van der Waals surface area contributed by atoms with Crippen molar-refractivity contribution in [3.8, 4) is 12.3 Å². The van der Waals surface area contributed by atoms with Crippen molar-refractivity contribution in [3.63, 3.8) is 0 Å². The molecular weight excluding hydrogens is 182 g/mol. The van der Waals surface area contributed by atoms with Gasteiger partial charge in [0.15, 0.2) is 0 Å². The zero-order valence-electron chi connectivity index (χ0n) is 9.96. The summed E-state index contributed by atoms with van der Waals surface area (Å²) >= 11 is 0. The zero-order chi connectivity index (χ0) is 11.7. The quantitative estimate of drug-likeness (QED) is 0.616. The molecular formula is C14H19N. The molecule has 1 aromatic carbocycles.